The van der Waals surface area contributed by atoms with Gasteiger partial charge in [0.05, 0.1) is 11.3 Å². The number of hydrogen-bond acceptors (Lipinski definition) is 4. The molecule has 4 nitrogen and oxygen atoms in total. The molecule has 0 spiro atoms. The molecule has 0 aliphatic rings. The van der Waals surface area contributed by atoms with E-state index in [2.05, 4.69) is 31.9 Å². The first-order chi connectivity index (χ1) is 8.04. The van der Waals surface area contributed by atoms with E-state index in [1.807, 2.05) is 6.07 Å². The van der Waals surface area contributed by atoms with Crippen LogP contribution in [0.4, 0.5) is 5.69 Å². The van der Waals surface area contributed by atoms with E-state index in [1.54, 1.807) is 24.3 Å². The van der Waals surface area contributed by atoms with Crippen molar-refractivity contribution in [2.45, 2.75) is 0 Å². The third-order valence-corrected chi connectivity index (χ3v) is 3.27. The van der Waals surface area contributed by atoms with Gasteiger partial charge < -0.3 is 5.73 Å². The van der Waals surface area contributed by atoms with Crippen LogP contribution in [0.15, 0.2) is 26.7 Å². The van der Waals surface area contributed by atoms with E-state index in [9.17, 15) is 0 Å². The summed E-state index contributed by atoms with van der Waals surface area (Å²) >= 11 is 6.47. The Bertz CT molecular complexity index is 587. The second-order valence-corrected chi connectivity index (χ2v) is 4.65. The first-order valence-electron chi connectivity index (χ1n) is 4.24. The third-order valence-electron chi connectivity index (χ3n) is 1.95. The molecule has 1 rings (SSSR count). The Hall–Kier alpha value is -1.81. The molecule has 2 N–H and O–H groups in total. The topological polar surface area (TPSA) is 97.4 Å². The van der Waals surface area contributed by atoms with Gasteiger partial charge in [0.25, 0.3) is 0 Å². The van der Waals surface area contributed by atoms with E-state index in [1.165, 1.54) is 0 Å². The predicted octanol–water partition coefficient (Wildman–Crippen LogP) is 3.12. The minimum Gasteiger partial charge on any atom is -0.397 e. The summed E-state index contributed by atoms with van der Waals surface area (Å²) in [6, 6.07) is 8.41. The molecular formula is C11H4Br2N4. The van der Waals surface area contributed by atoms with E-state index < -0.39 is 0 Å². The quantitative estimate of drug-likeness (QED) is 0.620. The van der Waals surface area contributed by atoms with Gasteiger partial charge in [0.15, 0.2) is 0 Å². The average Bonchev–Trinajstić information content (AvgIpc) is 2.32. The fourth-order valence-electron chi connectivity index (χ4n) is 1.13. The maximum absolute atomic E-state index is 8.99. The highest BCUT2D eigenvalue weighted by atomic mass is 79.9. The van der Waals surface area contributed by atoms with Crippen LogP contribution in [0, 0.1) is 34.0 Å². The Morgan fingerprint density at radius 3 is 1.82 bits per heavy atom. The zero-order valence-electron chi connectivity index (χ0n) is 8.33. The SMILES string of the molecule is N#CC(C#N)=C(C#N)c1cc(Br)c(N)c(Br)c1. The molecule has 0 unspecified atom stereocenters. The Morgan fingerprint density at radius 1 is 1.00 bits per heavy atom. The monoisotopic (exact) mass is 350 g/mol. The van der Waals surface area contributed by atoms with Gasteiger partial charge in [0.2, 0.25) is 0 Å². The van der Waals surface area contributed by atoms with Gasteiger partial charge in [-0.2, -0.15) is 15.8 Å². The van der Waals surface area contributed by atoms with Crippen LogP contribution in [-0.4, -0.2) is 0 Å². The summed E-state index contributed by atoms with van der Waals surface area (Å²) in [7, 11) is 0. The Labute approximate surface area is 115 Å². The molecule has 0 amide bonds. The number of nitrogens with zero attached hydrogens (tertiary/aromatic N) is 3. The molecule has 0 aromatic heterocycles. The van der Waals surface area contributed by atoms with E-state index >= 15 is 0 Å². The predicted molar refractivity (Wildman–Crippen MR) is 70.0 cm³/mol. The van der Waals surface area contributed by atoms with Gasteiger partial charge in [-0.3, -0.25) is 0 Å². The second kappa shape index (κ2) is 5.50. The second-order valence-electron chi connectivity index (χ2n) is 2.94. The first-order valence-corrected chi connectivity index (χ1v) is 5.83. The lowest BCUT2D eigenvalue weighted by Crippen LogP contribution is -1.93. The molecule has 6 heteroatoms. The van der Waals surface area contributed by atoms with Crippen LogP contribution >= 0.6 is 31.9 Å². The molecule has 0 heterocycles. The number of nitriles is 3. The number of rotatable bonds is 1. The molecule has 0 saturated heterocycles. The van der Waals surface area contributed by atoms with Crippen LogP contribution in [0.3, 0.4) is 0 Å². The molecule has 0 fully saturated rings. The third kappa shape index (κ3) is 2.65. The molecule has 1 aromatic carbocycles. The highest BCUT2D eigenvalue weighted by Gasteiger charge is 2.12. The first kappa shape index (κ1) is 13.3. The average molecular weight is 352 g/mol. The van der Waals surface area contributed by atoms with E-state index in [4.69, 9.17) is 21.5 Å². The largest absolute Gasteiger partial charge is 0.397 e. The Morgan fingerprint density at radius 2 is 1.47 bits per heavy atom. The van der Waals surface area contributed by atoms with Crippen molar-refractivity contribution in [1.82, 2.24) is 0 Å². The molecule has 0 aliphatic heterocycles. The maximum atomic E-state index is 8.99. The summed E-state index contributed by atoms with van der Waals surface area (Å²) in [5, 5.41) is 26.5. The summed E-state index contributed by atoms with van der Waals surface area (Å²) < 4.78 is 1.18. The standard InChI is InChI=1S/C11H4Br2N4/c12-9-1-6(2-10(13)11(9)17)8(5-16)7(3-14)4-15/h1-2H,17H2. The van der Waals surface area contributed by atoms with Gasteiger partial charge in [-0.25, -0.2) is 0 Å². The van der Waals surface area contributed by atoms with Gasteiger partial charge in [-0.1, -0.05) is 0 Å². The van der Waals surface area contributed by atoms with Crippen molar-refractivity contribution >= 4 is 43.1 Å². The van der Waals surface area contributed by atoms with Gasteiger partial charge >= 0.3 is 0 Å². The molecule has 0 saturated carbocycles. The van der Waals surface area contributed by atoms with Gasteiger partial charge in [-0.15, -0.1) is 0 Å². The number of anilines is 1. The molecule has 0 bridgehead atoms. The van der Waals surface area contributed by atoms with Gasteiger partial charge in [0.1, 0.15) is 23.8 Å². The smallest absolute Gasteiger partial charge is 0.148 e. The number of nitrogen functional groups attached to an aromatic ring is 1. The van der Waals surface area contributed by atoms with E-state index in [0.29, 0.717) is 20.2 Å². The number of halogens is 2. The molecule has 1 aromatic rings. The summed E-state index contributed by atoms with van der Waals surface area (Å²) in [5.74, 6) is 0. The Balaban J connectivity index is 3.57. The summed E-state index contributed by atoms with van der Waals surface area (Å²) in [5.41, 5.74) is 6.45. The fraction of sp³-hybridized carbons (Fsp3) is 0. The number of hydrogen-bond donors (Lipinski definition) is 1. The molecular weight excluding hydrogens is 348 g/mol. The normalized spacial score (nSPS) is 8.65. The molecule has 0 radical (unpaired) electrons. The maximum Gasteiger partial charge on any atom is 0.148 e. The van der Waals surface area contributed by atoms with Crippen LogP contribution in [-0.2, 0) is 0 Å². The zero-order chi connectivity index (χ0) is 13.0. The number of allylic oxidation sites excluding steroid dienone is 2. The van der Waals surface area contributed by atoms with Crippen molar-refractivity contribution in [1.29, 1.82) is 15.8 Å². The van der Waals surface area contributed by atoms with Crippen molar-refractivity contribution in [3.63, 3.8) is 0 Å². The van der Waals surface area contributed by atoms with Crippen molar-refractivity contribution in [2.24, 2.45) is 0 Å². The summed E-state index contributed by atoms with van der Waals surface area (Å²) in [6.07, 6.45) is 0. The van der Waals surface area contributed by atoms with Crippen molar-refractivity contribution < 1.29 is 0 Å². The minimum absolute atomic E-state index is 0.0244. The molecule has 17 heavy (non-hydrogen) atoms. The number of nitrogens with two attached hydrogens (primary N) is 1. The zero-order valence-corrected chi connectivity index (χ0v) is 11.5. The van der Waals surface area contributed by atoms with Crippen LogP contribution in [0.5, 0.6) is 0 Å². The van der Waals surface area contributed by atoms with Crippen LogP contribution in [0.25, 0.3) is 5.57 Å². The van der Waals surface area contributed by atoms with E-state index in [0.717, 1.165) is 0 Å². The van der Waals surface area contributed by atoms with E-state index in [-0.39, 0.29) is 11.1 Å². The summed E-state index contributed by atoms with van der Waals surface area (Å²) in [6.45, 7) is 0. The van der Waals surface area contributed by atoms with Crippen molar-refractivity contribution in [3.8, 4) is 18.2 Å². The lowest BCUT2D eigenvalue weighted by Gasteiger charge is -2.05. The molecule has 0 aliphatic carbocycles. The Kier molecular flexibility index (Phi) is 4.29. The number of benzene rings is 1. The van der Waals surface area contributed by atoms with Gasteiger partial charge in [0, 0.05) is 8.95 Å². The highest BCUT2D eigenvalue weighted by molar-refractivity contribution is 9.11. The fourth-order valence-corrected chi connectivity index (χ4v) is 2.32. The van der Waals surface area contributed by atoms with Crippen LogP contribution in [0.2, 0.25) is 0 Å². The lowest BCUT2D eigenvalue weighted by molar-refractivity contribution is 1.44. The van der Waals surface area contributed by atoms with Crippen molar-refractivity contribution in [3.05, 3.63) is 32.2 Å². The van der Waals surface area contributed by atoms with Gasteiger partial charge in [-0.05, 0) is 49.6 Å². The molecule has 0 atom stereocenters. The molecule has 82 valence electrons. The summed E-state index contributed by atoms with van der Waals surface area (Å²) in [4.78, 5) is 0. The highest BCUT2D eigenvalue weighted by Crippen LogP contribution is 2.32. The lowest BCUT2D eigenvalue weighted by atomic mass is 10.0. The minimum atomic E-state index is -0.226. The van der Waals surface area contributed by atoms with Crippen LogP contribution < -0.4 is 5.73 Å². The van der Waals surface area contributed by atoms with Crippen molar-refractivity contribution in [2.75, 3.05) is 5.73 Å². The van der Waals surface area contributed by atoms with Crippen LogP contribution in [0.1, 0.15) is 5.56 Å².